The molecule has 0 aromatic heterocycles. The van der Waals surface area contributed by atoms with Gasteiger partial charge in [0, 0.05) is 13.5 Å². The molecule has 4 heteroatoms. The number of carbonyl (C=O) groups excluding carboxylic acids is 1. The largest absolute Gasteiger partial charge is 0.394 e. The molecule has 3 N–H and O–H groups in total. The van der Waals surface area contributed by atoms with Crippen molar-refractivity contribution in [3.05, 3.63) is 0 Å². The highest BCUT2D eigenvalue weighted by atomic mass is 16.3. The van der Waals surface area contributed by atoms with E-state index in [4.69, 9.17) is 10.8 Å². The van der Waals surface area contributed by atoms with E-state index >= 15 is 0 Å². The van der Waals surface area contributed by atoms with Crippen molar-refractivity contribution in [1.82, 2.24) is 4.90 Å². The molecule has 0 aromatic rings. The molecule has 4 nitrogen and oxygen atoms in total. The summed E-state index contributed by atoms with van der Waals surface area (Å²) < 4.78 is 0. The molecular weight excluding hydrogens is 204 g/mol. The molecule has 96 valence electrons. The van der Waals surface area contributed by atoms with Crippen LogP contribution in [-0.2, 0) is 4.79 Å². The topological polar surface area (TPSA) is 66.6 Å². The fraction of sp³-hybridized carbons (Fsp3) is 0.917. The lowest BCUT2D eigenvalue weighted by molar-refractivity contribution is -0.136. The van der Waals surface area contributed by atoms with Crippen molar-refractivity contribution in [3.63, 3.8) is 0 Å². The summed E-state index contributed by atoms with van der Waals surface area (Å²) in [7, 11) is 1.75. The second kappa shape index (κ2) is 7.63. The zero-order valence-electron chi connectivity index (χ0n) is 10.8. The predicted octanol–water partition coefficient (Wildman–Crippen LogP) is 1.12. The van der Waals surface area contributed by atoms with Gasteiger partial charge >= 0.3 is 0 Å². The smallest absolute Gasteiger partial charge is 0.222 e. The summed E-state index contributed by atoms with van der Waals surface area (Å²) in [5.41, 5.74) is 4.93. The molecule has 0 bridgehead atoms. The Balaban J connectivity index is 3.80. The van der Waals surface area contributed by atoms with Crippen molar-refractivity contribution in [2.75, 3.05) is 20.2 Å². The highest BCUT2D eigenvalue weighted by Gasteiger charge is 2.25. The van der Waals surface area contributed by atoms with Gasteiger partial charge in [0.2, 0.25) is 5.91 Å². The first-order valence-electron chi connectivity index (χ1n) is 6.03. The Bertz CT molecular complexity index is 205. The van der Waals surface area contributed by atoms with E-state index in [-0.39, 0.29) is 12.5 Å². The van der Waals surface area contributed by atoms with Crippen LogP contribution in [0, 0.1) is 0 Å². The van der Waals surface area contributed by atoms with Gasteiger partial charge in [-0.05, 0) is 33.2 Å². The fourth-order valence-corrected chi connectivity index (χ4v) is 1.39. The Morgan fingerprint density at radius 3 is 2.31 bits per heavy atom. The molecule has 0 unspecified atom stereocenters. The van der Waals surface area contributed by atoms with E-state index in [9.17, 15) is 4.79 Å². The molecule has 0 saturated heterocycles. The lowest BCUT2D eigenvalue weighted by Crippen LogP contribution is -2.47. The number of aliphatic hydroxyl groups is 1. The van der Waals surface area contributed by atoms with E-state index in [0.29, 0.717) is 6.42 Å². The Kier molecular flexibility index (Phi) is 7.34. The predicted molar refractivity (Wildman–Crippen MR) is 66.1 cm³/mol. The number of hydrogen-bond donors (Lipinski definition) is 2. The first-order chi connectivity index (χ1) is 7.45. The summed E-state index contributed by atoms with van der Waals surface area (Å²) in [4.78, 5) is 13.4. The zero-order chi connectivity index (χ0) is 12.6. The van der Waals surface area contributed by atoms with E-state index < -0.39 is 5.54 Å². The molecule has 0 heterocycles. The van der Waals surface area contributed by atoms with Crippen LogP contribution in [0.25, 0.3) is 0 Å². The van der Waals surface area contributed by atoms with E-state index in [1.165, 1.54) is 0 Å². The Morgan fingerprint density at radius 2 is 1.81 bits per heavy atom. The van der Waals surface area contributed by atoms with Gasteiger partial charge in [-0.3, -0.25) is 4.79 Å². The number of nitrogens with zero attached hydrogens (tertiary/aromatic N) is 1. The maximum Gasteiger partial charge on any atom is 0.222 e. The average molecular weight is 230 g/mol. The number of hydrogen-bond acceptors (Lipinski definition) is 3. The van der Waals surface area contributed by atoms with Crippen LogP contribution in [0.15, 0.2) is 0 Å². The number of rotatable bonds is 8. The average Bonchev–Trinajstić information content (AvgIpc) is 2.27. The first kappa shape index (κ1) is 15.4. The van der Waals surface area contributed by atoms with Gasteiger partial charge < -0.3 is 15.7 Å². The number of nitrogens with two attached hydrogens (primary N) is 1. The van der Waals surface area contributed by atoms with Gasteiger partial charge in [0.15, 0.2) is 0 Å². The molecular formula is C12H26N2O2. The monoisotopic (exact) mass is 230 g/mol. The third kappa shape index (κ3) is 5.47. The van der Waals surface area contributed by atoms with Crippen molar-refractivity contribution in [1.29, 1.82) is 0 Å². The van der Waals surface area contributed by atoms with Gasteiger partial charge in [-0.2, -0.15) is 0 Å². The summed E-state index contributed by atoms with van der Waals surface area (Å²) in [6.45, 7) is 4.44. The van der Waals surface area contributed by atoms with Gasteiger partial charge in [-0.1, -0.05) is 12.8 Å². The molecule has 0 spiro atoms. The SMILES string of the molecule is CN(C(=O)CCCCCCN)C(C)(C)CO. The first-order valence-corrected chi connectivity index (χ1v) is 6.03. The van der Waals surface area contributed by atoms with Gasteiger partial charge in [0.1, 0.15) is 0 Å². The van der Waals surface area contributed by atoms with Gasteiger partial charge in [0.05, 0.1) is 12.1 Å². The minimum absolute atomic E-state index is 0.0115. The Labute approximate surface area is 98.8 Å². The maximum atomic E-state index is 11.8. The quantitative estimate of drug-likeness (QED) is 0.614. The molecule has 0 atom stereocenters. The highest BCUT2D eigenvalue weighted by Crippen LogP contribution is 2.14. The molecule has 0 radical (unpaired) electrons. The van der Waals surface area contributed by atoms with Crippen LogP contribution in [0.1, 0.15) is 46.0 Å². The summed E-state index contributed by atoms with van der Waals surface area (Å²) in [5.74, 6) is 0.104. The number of unbranched alkanes of at least 4 members (excludes halogenated alkanes) is 3. The molecule has 0 fully saturated rings. The number of amides is 1. The molecule has 0 aliphatic carbocycles. The van der Waals surface area contributed by atoms with Crippen molar-refractivity contribution in [2.24, 2.45) is 5.73 Å². The minimum Gasteiger partial charge on any atom is -0.394 e. The van der Waals surface area contributed by atoms with Crippen LogP contribution >= 0.6 is 0 Å². The van der Waals surface area contributed by atoms with Crippen LogP contribution < -0.4 is 5.73 Å². The summed E-state index contributed by atoms with van der Waals surface area (Å²) in [6.07, 6.45) is 4.65. The van der Waals surface area contributed by atoms with E-state index in [0.717, 1.165) is 32.2 Å². The maximum absolute atomic E-state index is 11.8. The van der Waals surface area contributed by atoms with Crippen LogP contribution in [-0.4, -0.2) is 41.7 Å². The van der Waals surface area contributed by atoms with Crippen molar-refractivity contribution >= 4 is 5.91 Å². The third-order valence-corrected chi connectivity index (χ3v) is 3.01. The number of likely N-dealkylation sites (N-methyl/N-ethyl adjacent to an activating group) is 1. The van der Waals surface area contributed by atoms with Crippen LogP contribution in [0.3, 0.4) is 0 Å². The molecule has 0 saturated carbocycles. The molecule has 0 aromatic carbocycles. The fourth-order valence-electron chi connectivity index (χ4n) is 1.39. The lowest BCUT2D eigenvalue weighted by atomic mass is 10.0. The van der Waals surface area contributed by atoms with Gasteiger partial charge in [-0.15, -0.1) is 0 Å². The standard InChI is InChI=1S/C12H26N2O2/c1-12(2,10-15)14(3)11(16)8-6-4-5-7-9-13/h15H,4-10,13H2,1-3H3. The third-order valence-electron chi connectivity index (χ3n) is 3.01. The molecule has 0 aliphatic rings. The molecule has 0 rings (SSSR count). The summed E-state index contributed by atoms with van der Waals surface area (Å²) >= 11 is 0. The number of carbonyl (C=O) groups is 1. The Hall–Kier alpha value is -0.610. The molecule has 16 heavy (non-hydrogen) atoms. The second-order valence-corrected chi connectivity index (χ2v) is 4.88. The van der Waals surface area contributed by atoms with Crippen LogP contribution in [0.2, 0.25) is 0 Å². The van der Waals surface area contributed by atoms with E-state index in [1.807, 2.05) is 13.8 Å². The van der Waals surface area contributed by atoms with Crippen molar-refractivity contribution in [2.45, 2.75) is 51.5 Å². The highest BCUT2D eigenvalue weighted by molar-refractivity contribution is 5.76. The normalized spacial score (nSPS) is 11.6. The Morgan fingerprint density at radius 1 is 1.25 bits per heavy atom. The van der Waals surface area contributed by atoms with E-state index in [1.54, 1.807) is 11.9 Å². The second-order valence-electron chi connectivity index (χ2n) is 4.88. The minimum atomic E-state index is -0.464. The van der Waals surface area contributed by atoms with Crippen molar-refractivity contribution in [3.8, 4) is 0 Å². The van der Waals surface area contributed by atoms with E-state index in [2.05, 4.69) is 0 Å². The van der Waals surface area contributed by atoms with Crippen LogP contribution in [0.4, 0.5) is 0 Å². The number of aliphatic hydroxyl groups excluding tert-OH is 1. The zero-order valence-corrected chi connectivity index (χ0v) is 10.8. The van der Waals surface area contributed by atoms with Gasteiger partial charge in [0.25, 0.3) is 0 Å². The van der Waals surface area contributed by atoms with Crippen molar-refractivity contribution < 1.29 is 9.90 Å². The van der Waals surface area contributed by atoms with Crippen LogP contribution in [0.5, 0.6) is 0 Å². The molecule has 0 aliphatic heterocycles. The van der Waals surface area contributed by atoms with Gasteiger partial charge in [-0.25, -0.2) is 0 Å². The molecule has 1 amide bonds. The summed E-state index contributed by atoms with van der Waals surface area (Å²) in [5, 5.41) is 9.15. The summed E-state index contributed by atoms with van der Waals surface area (Å²) in [6, 6.07) is 0. The lowest BCUT2D eigenvalue weighted by Gasteiger charge is -2.34.